The Hall–Kier alpha value is -2.86. The molecule has 0 fully saturated rings. The van der Waals surface area contributed by atoms with Crippen LogP contribution in [-0.2, 0) is 4.74 Å². The average Bonchev–Trinajstić information content (AvgIpc) is 2.73. The molecule has 0 spiro atoms. The molecule has 0 aliphatic rings. The molecule has 0 amide bonds. The maximum absolute atomic E-state index is 12.4. The first kappa shape index (κ1) is 18.9. The van der Waals surface area contributed by atoms with Crippen molar-refractivity contribution in [2.24, 2.45) is 0 Å². The van der Waals surface area contributed by atoms with Gasteiger partial charge in [-0.15, -0.1) is 0 Å². The molecule has 0 bridgehead atoms. The highest BCUT2D eigenvalue weighted by atomic mass is 32.2. The van der Waals surface area contributed by atoms with Crippen molar-refractivity contribution in [2.45, 2.75) is 18.1 Å². The zero-order valence-electron chi connectivity index (χ0n) is 15.3. The predicted molar refractivity (Wildman–Crippen MR) is 108 cm³/mol. The van der Waals surface area contributed by atoms with Crippen molar-refractivity contribution < 1.29 is 9.53 Å². The molecule has 0 radical (unpaired) electrons. The minimum atomic E-state index is -0.437. The third-order valence-electron chi connectivity index (χ3n) is 3.99. The normalized spacial score (nSPS) is 10.6. The highest BCUT2D eigenvalue weighted by molar-refractivity contribution is 7.98. The van der Waals surface area contributed by atoms with E-state index in [9.17, 15) is 4.79 Å². The van der Waals surface area contributed by atoms with Gasteiger partial charge in [0.25, 0.3) is 0 Å². The lowest BCUT2D eigenvalue weighted by atomic mass is 9.98. The number of carbonyl (C=O) groups excluding carboxylic acids is 1. The molecule has 3 aromatic rings. The van der Waals surface area contributed by atoms with Crippen LogP contribution in [0.5, 0.6) is 0 Å². The summed E-state index contributed by atoms with van der Waals surface area (Å²) in [4.78, 5) is 21.1. The number of hydrogen-bond donors (Lipinski definition) is 1. The maximum Gasteiger partial charge on any atom is 0.343 e. The molecule has 3 rings (SSSR count). The van der Waals surface area contributed by atoms with Crippen LogP contribution < -0.4 is 5.32 Å². The van der Waals surface area contributed by atoms with Crippen LogP contribution in [0.4, 0.5) is 5.82 Å². The van der Waals surface area contributed by atoms with E-state index < -0.39 is 5.97 Å². The standard InChI is InChI=1S/C21H21N3O2S/c1-3-26-20(25)17-14-22-21(27-2)24-19(17)23-18(15-10-6-4-7-11-15)16-12-8-5-9-13-16/h4-14,18H,3H2,1-2H3,(H,22,23,24). The highest BCUT2D eigenvalue weighted by Crippen LogP contribution is 2.28. The predicted octanol–water partition coefficient (Wildman–Crippen LogP) is 4.58. The molecule has 5 nitrogen and oxygen atoms in total. The molecule has 1 aromatic heterocycles. The summed E-state index contributed by atoms with van der Waals surface area (Å²) >= 11 is 1.42. The van der Waals surface area contributed by atoms with Gasteiger partial charge in [0.2, 0.25) is 0 Å². The van der Waals surface area contributed by atoms with Crippen LogP contribution in [0.3, 0.4) is 0 Å². The Bertz CT molecular complexity index is 849. The second-order valence-electron chi connectivity index (χ2n) is 5.74. The van der Waals surface area contributed by atoms with Gasteiger partial charge in [0.15, 0.2) is 5.16 Å². The number of thioether (sulfide) groups is 1. The van der Waals surface area contributed by atoms with E-state index >= 15 is 0 Å². The van der Waals surface area contributed by atoms with Gasteiger partial charge in [-0.2, -0.15) is 0 Å². The lowest BCUT2D eigenvalue weighted by Crippen LogP contribution is -2.18. The van der Waals surface area contributed by atoms with E-state index in [1.807, 2.05) is 66.9 Å². The molecule has 1 heterocycles. The Morgan fingerprint density at radius 2 is 1.67 bits per heavy atom. The summed E-state index contributed by atoms with van der Waals surface area (Å²) in [6, 6.07) is 20.0. The molecule has 27 heavy (non-hydrogen) atoms. The van der Waals surface area contributed by atoms with Crippen LogP contribution in [0.25, 0.3) is 0 Å². The van der Waals surface area contributed by atoms with E-state index in [1.54, 1.807) is 6.92 Å². The van der Waals surface area contributed by atoms with E-state index in [1.165, 1.54) is 18.0 Å². The van der Waals surface area contributed by atoms with Gasteiger partial charge in [-0.25, -0.2) is 14.8 Å². The van der Waals surface area contributed by atoms with Gasteiger partial charge in [-0.3, -0.25) is 0 Å². The number of benzene rings is 2. The molecule has 0 saturated carbocycles. The Morgan fingerprint density at radius 1 is 1.07 bits per heavy atom. The van der Waals surface area contributed by atoms with Crippen molar-refractivity contribution in [3.8, 4) is 0 Å². The van der Waals surface area contributed by atoms with Gasteiger partial charge >= 0.3 is 5.97 Å². The number of rotatable bonds is 7. The molecule has 0 unspecified atom stereocenters. The van der Waals surface area contributed by atoms with Gasteiger partial charge in [0.1, 0.15) is 11.4 Å². The summed E-state index contributed by atoms with van der Waals surface area (Å²) in [5, 5.41) is 4.02. The van der Waals surface area contributed by atoms with Gasteiger partial charge in [-0.1, -0.05) is 72.4 Å². The molecule has 0 aliphatic carbocycles. The number of nitrogens with zero attached hydrogens (tertiary/aromatic N) is 2. The second-order valence-corrected chi connectivity index (χ2v) is 6.51. The third kappa shape index (κ3) is 4.65. The van der Waals surface area contributed by atoms with E-state index in [0.717, 1.165) is 11.1 Å². The summed E-state index contributed by atoms with van der Waals surface area (Å²) in [5.41, 5.74) is 2.47. The first-order chi connectivity index (χ1) is 13.2. The van der Waals surface area contributed by atoms with Crippen LogP contribution in [0.1, 0.15) is 34.5 Å². The summed E-state index contributed by atoms with van der Waals surface area (Å²) in [6.45, 7) is 2.07. The van der Waals surface area contributed by atoms with Crippen molar-refractivity contribution in [3.63, 3.8) is 0 Å². The van der Waals surface area contributed by atoms with Crippen LogP contribution in [0, 0.1) is 0 Å². The molecule has 0 aliphatic heterocycles. The largest absolute Gasteiger partial charge is 0.462 e. The van der Waals surface area contributed by atoms with Crippen molar-refractivity contribution >= 4 is 23.5 Å². The fraction of sp³-hybridized carbons (Fsp3) is 0.190. The van der Waals surface area contributed by atoms with Gasteiger partial charge in [0.05, 0.1) is 12.6 Å². The zero-order valence-corrected chi connectivity index (χ0v) is 16.1. The number of carbonyl (C=O) groups is 1. The minimum Gasteiger partial charge on any atom is -0.462 e. The topological polar surface area (TPSA) is 64.1 Å². The fourth-order valence-electron chi connectivity index (χ4n) is 2.72. The molecule has 0 atom stereocenters. The van der Waals surface area contributed by atoms with Gasteiger partial charge in [0, 0.05) is 6.20 Å². The van der Waals surface area contributed by atoms with Crippen molar-refractivity contribution in [1.82, 2.24) is 9.97 Å². The molecule has 2 aromatic carbocycles. The molecular formula is C21H21N3O2S. The summed E-state index contributed by atoms with van der Waals surface area (Å²) in [5.74, 6) is 0.0260. The SMILES string of the molecule is CCOC(=O)c1cnc(SC)nc1NC(c1ccccc1)c1ccccc1. The molecule has 138 valence electrons. The number of esters is 1. The first-order valence-electron chi connectivity index (χ1n) is 8.67. The lowest BCUT2D eigenvalue weighted by molar-refractivity contribution is 0.0526. The monoisotopic (exact) mass is 379 g/mol. The van der Waals surface area contributed by atoms with Crippen LogP contribution >= 0.6 is 11.8 Å². The molecule has 0 saturated heterocycles. The quantitative estimate of drug-likeness (QED) is 0.368. The zero-order chi connectivity index (χ0) is 19.1. The number of nitrogens with one attached hydrogen (secondary N) is 1. The van der Waals surface area contributed by atoms with Crippen LogP contribution in [0.2, 0.25) is 0 Å². The number of anilines is 1. The maximum atomic E-state index is 12.4. The smallest absolute Gasteiger partial charge is 0.343 e. The van der Waals surface area contributed by atoms with E-state index in [-0.39, 0.29) is 6.04 Å². The summed E-state index contributed by atoms with van der Waals surface area (Å²) < 4.78 is 5.17. The third-order valence-corrected chi connectivity index (χ3v) is 4.55. The lowest BCUT2D eigenvalue weighted by Gasteiger charge is -2.22. The Labute approximate surface area is 163 Å². The van der Waals surface area contributed by atoms with E-state index in [4.69, 9.17) is 4.74 Å². The van der Waals surface area contributed by atoms with Crippen molar-refractivity contribution in [1.29, 1.82) is 0 Å². The Balaban J connectivity index is 2.04. The highest BCUT2D eigenvalue weighted by Gasteiger charge is 2.21. The molecular weight excluding hydrogens is 358 g/mol. The van der Waals surface area contributed by atoms with Gasteiger partial charge < -0.3 is 10.1 Å². The van der Waals surface area contributed by atoms with Crippen molar-refractivity contribution in [2.75, 3.05) is 18.2 Å². The number of hydrogen-bond acceptors (Lipinski definition) is 6. The summed E-state index contributed by atoms with van der Waals surface area (Å²) in [6.07, 6.45) is 3.42. The van der Waals surface area contributed by atoms with E-state index in [0.29, 0.717) is 23.1 Å². The Morgan fingerprint density at radius 3 is 2.19 bits per heavy atom. The summed E-state index contributed by atoms with van der Waals surface area (Å²) in [7, 11) is 0. The first-order valence-corrected chi connectivity index (χ1v) is 9.90. The number of aromatic nitrogens is 2. The van der Waals surface area contributed by atoms with E-state index in [2.05, 4.69) is 15.3 Å². The molecule has 6 heteroatoms. The van der Waals surface area contributed by atoms with Crippen molar-refractivity contribution in [3.05, 3.63) is 83.6 Å². The minimum absolute atomic E-state index is 0.162. The Kier molecular flexibility index (Phi) is 6.44. The van der Waals surface area contributed by atoms with Gasteiger partial charge in [-0.05, 0) is 24.3 Å². The van der Waals surface area contributed by atoms with Crippen LogP contribution in [-0.4, -0.2) is 28.8 Å². The van der Waals surface area contributed by atoms with Crippen LogP contribution in [0.15, 0.2) is 72.0 Å². The second kappa shape index (κ2) is 9.19. The average molecular weight is 379 g/mol. The fourth-order valence-corrected chi connectivity index (χ4v) is 3.06. The number of ether oxygens (including phenoxy) is 1. The molecule has 1 N–H and O–H groups in total.